The number of aryl methyl sites for hydroxylation is 1. The largest absolute Gasteiger partial charge is 0.496 e. The van der Waals surface area contributed by atoms with Crippen LogP contribution in [-0.2, 0) is 29.7 Å². The lowest BCUT2D eigenvalue weighted by Crippen LogP contribution is -2.50. The van der Waals surface area contributed by atoms with Crippen LogP contribution in [0.3, 0.4) is 0 Å². The Kier molecular flexibility index (Phi) is 7.78. The van der Waals surface area contributed by atoms with Crippen LogP contribution in [0.25, 0.3) is 0 Å². The van der Waals surface area contributed by atoms with Gasteiger partial charge in [0, 0.05) is 64.3 Å². The van der Waals surface area contributed by atoms with Gasteiger partial charge in [-0.2, -0.15) is 0 Å². The number of nitrogens with zero attached hydrogens (tertiary/aromatic N) is 4. The number of rotatable bonds is 8. The van der Waals surface area contributed by atoms with Crippen molar-refractivity contribution < 1.29 is 14.3 Å². The van der Waals surface area contributed by atoms with Crippen molar-refractivity contribution in [1.82, 2.24) is 24.7 Å². The monoisotopic (exact) mass is 441 g/mol. The maximum Gasteiger partial charge on any atom is 0.224 e. The Morgan fingerprint density at radius 3 is 2.78 bits per heavy atom. The van der Waals surface area contributed by atoms with E-state index in [1.165, 1.54) is 0 Å². The lowest BCUT2D eigenvalue weighted by molar-refractivity contribution is -0.128. The van der Waals surface area contributed by atoms with Gasteiger partial charge in [-0.3, -0.25) is 14.6 Å². The molecule has 2 aliphatic heterocycles. The third-order valence-electron chi connectivity index (χ3n) is 6.54. The van der Waals surface area contributed by atoms with E-state index in [2.05, 4.69) is 24.7 Å². The Morgan fingerprint density at radius 2 is 2.03 bits per heavy atom. The first-order valence-corrected chi connectivity index (χ1v) is 11.5. The molecule has 0 aliphatic carbocycles. The normalized spacial score (nSPS) is 22.6. The number of hydrogen-bond donors (Lipinski definition) is 1. The predicted molar refractivity (Wildman–Crippen MR) is 122 cm³/mol. The fourth-order valence-corrected chi connectivity index (χ4v) is 4.83. The average Bonchev–Trinajstić information content (AvgIpc) is 3.22. The number of nitrogens with one attached hydrogen (secondary N) is 1. The van der Waals surface area contributed by atoms with Crippen LogP contribution in [0.4, 0.5) is 0 Å². The van der Waals surface area contributed by atoms with Gasteiger partial charge in [0.2, 0.25) is 5.91 Å². The summed E-state index contributed by atoms with van der Waals surface area (Å²) in [6, 6.07) is 7.83. The molecule has 2 atom stereocenters. The van der Waals surface area contributed by atoms with Crippen LogP contribution in [0.15, 0.2) is 36.7 Å². The highest BCUT2D eigenvalue weighted by Gasteiger charge is 2.33. The lowest BCUT2D eigenvalue weighted by Gasteiger charge is -2.39. The summed E-state index contributed by atoms with van der Waals surface area (Å²) < 4.78 is 13.0. The van der Waals surface area contributed by atoms with E-state index in [-0.39, 0.29) is 11.8 Å². The topological polar surface area (TPSA) is 71.9 Å². The van der Waals surface area contributed by atoms with Crippen LogP contribution < -0.4 is 10.1 Å². The van der Waals surface area contributed by atoms with E-state index in [1.807, 2.05) is 43.7 Å². The molecular weight excluding hydrogens is 406 g/mol. The zero-order chi connectivity index (χ0) is 22.3. The van der Waals surface area contributed by atoms with Crippen molar-refractivity contribution in [2.45, 2.75) is 19.5 Å². The standard InChI is InChI=1S/C24H35N5O3/c1-27-8-7-25-23(27)18-29-16-19(15-28-9-11-32-12-10-28)13-21(17-29)24(30)26-14-20-5-3-4-6-22(20)31-2/h3-8,19,21H,9-18H2,1-2H3,(H,26,30)/t19-,21-/m1/s1. The van der Waals surface area contributed by atoms with Gasteiger partial charge in [0.05, 0.1) is 32.8 Å². The molecule has 1 aromatic carbocycles. The van der Waals surface area contributed by atoms with Crippen molar-refractivity contribution in [3.05, 3.63) is 48.0 Å². The first kappa shape index (κ1) is 22.8. The highest BCUT2D eigenvalue weighted by molar-refractivity contribution is 5.79. The number of aromatic nitrogens is 2. The van der Waals surface area contributed by atoms with E-state index in [9.17, 15) is 4.79 Å². The van der Waals surface area contributed by atoms with E-state index in [0.29, 0.717) is 12.5 Å². The third-order valence-corrected chi connectivity index (χ3v) is 6.54. The lowest BCUT2D eigenvalue weighted by atomic mass is 9.87. The van der Waals surface area contributed by atoms with E-state index in [0.717, 1.165) is 76.0 Å². The second kappa shape index (κ2) is 10.9. The number of piperidine rings is 1. The Labute approximate surface area is 190 Å². The molecule has 8 heteroatoms. The highest BCUT2D eigenvalue weighted by Crippen LogP contribution is 2.25. The summed E-state index contributed by atoms with van der Waals surface area (Å²) >= 11 is 0. The number of benzene rings is 1. The van der Waals surface area contributed by atoms with Gasteiger partial charge in [-0.15, -0.1) is 0 Å². The second-order valence-electron chi connectivity index (χ2n) is 8.89. The Hall–Kier alpha value is -2.42. The number of morpholine rings is 1. The van der Waals surface area contributed by atoms with Crippen LogP contribution in [0.5, 0.6) is 5.75 Å². The molecule has 1 amide bonds. The molecule has 0 bridgehead atoms. The number of para-hydroxylation sites is 1. The number of ether oxygens (including phenoxy) is 2. The van der Waals surface area contributed by atoms with Crippen molar-refractivity contribution in [2.24, 2.45) is 18.9 Å². The molecule has 0 spiro atoms. The zero-order valence-electron chi connectivity index (χ0n) is 19.2. The Bertz CT molecular complexity index is 880. The third kappa shape index (κ3) is 5.88. The van der Waals surface area contributed by atoms with Crippen molar-refractivity contribution >= 4 is 5.91 Å². The number of hydrogen-bond acceptors (Lipinski definition) is 6. The van der Waals surface area contributed by atoms with Gasteiger partial charge in [0.25, 0.3) is 0 Å². The first-order chi connectivity index (χ1) is 15.6. The highest BCUT2D eigenvalue weighted by atomic mass is 16.5. The molecule has 4 rings (SSSR count). The molecule has 0 saturated carbocycles. The molecule has 3 heterocycles. The number of carbonyl (C=O) groups excluding carboxylic acids is 1. The summed E-state index contributed by atoms with van der Waals surface area (Å²) in [6.07, 6.45) is 4.72. The number of methoxy groups -OCH3 is 1. The Morgan fingerprint density at radius 1 is 1.22 bits per heavy atom. The van der Waals surface area contributed by atoms with Gasteiger partial charge in [-0.25, -0.2) is 4.98 Å². The fourth-order valence-electron chi connectivity index (χ4n) is 4.83. The summed E-state index contributed by atoms with van der Waals surface area (Å²) in [5, 5.41) is 3.16. The minimum absolute atomic E-state index is 0.0373. The maximum atomic E-state index is 13.2. The summed E-state index contributed by atoms with van der Waals surface area (Å²) in [4.78, 5) is 22.6. The zero-order valence-corrected chi connectivity index (χ0v) is 19.2. The van der Waals surface area contributed by atoms with Crippen molar-refractivity contribution in [3.8, 4) is 5.75 Å². The molecule has 32 heavy (non-hydrogen) atoms. The molecule has 1 aromatic heterocycles. The SMILES string of the molecule is COc1ccccc1CNC(=O)[C@@H]1C[C@H](CN2CCOCC2)CN(Cc2nccn2C)C1. The van der Waals surface area contributed by atoms with Crippen LogP contribution in [-0.4, -0.2) is 78.3 Å². The predicted octanol–water partition coefficient (Wildman–Crippen LogP) is 1.52. The molecule has 2 fully saturated rings. The first-order valence-electron chi connectivity index (χ1n) is 11.5. The molecule has 0 unspecified atom stereocenters. The van der Waals surface area contributed by atoms with Crippen LogP contribution >= 0.6 is 0 Å². The smallest absolute Gasteiger partial charge is 0.224 e. The molecule has 1 N–H and O–H groups in total. The summed E-state index contributed by atoms with van der Waals surface area (Å²) in [5.41, 5.74) is 0.994. The minimum Gasteiger partial charge on any atom is -0.496 e. The molecule has 174 valence electrons. The summed E-state index contributed by atoms with van der Waals surface area (Å²) in [7, 11) is 3.68. The summed E-state index contributed by atoms with van der Waals surface area (Å²) in [5.74, 6) is 2.37. The van der Waals surface area contributed by atoms with Gasteiger partial charge >= 0.3 is 0 Å². The maximum absolute atomic E-state index is 13.2. The van der Waals surface area contributed by atoms with Gasteiger partial charge < -0.3 is 19.4 Å². The molecule has 2 aliphatic rings. The van der Waals surface area contributed by atoms with Crippen LogP contribution in [0, 0.1) is 11.8 Å². The summed E-state index contributed by atoms with van der Waals surface area (Å²) in [6.45, 7) is 7.54. The molecule has 0 radical (unpaired) electrons. The van der Waals surface area contributed by atoms with Gasteiger partial charge in [-0.1, -0.05) is 18.2 Å². The minimum atomic E-state index is -0.0373. The van der Waals surface area contributed by atoms with E-state index in [4.69, 9.17) is 9.47 Å². The van der Waals surface area contributed by atoms with Crippen LogP contribution in [0.2, 0.25) is 0 Å². The number of likely N-dealkylation sites (tertiary alicyclic amines) is 1. The number of imidazole rings is 1. The van der Waals surface area contributed by atoms with Crippen molar-refractivity contribution in [1.29, 1.82) is 0 Å². The van der Waals surface area contributed by atoms with Gasteiger partial charge in [0.15, 0.2) is 0 Å². The van der Waals surface area contributed by atoms with Crippen molar-refractivity contribution in [3.63, 3.8) is 0 Å². The van der Waals surface area contributed by atoms with E-state index < -0.39 is 0 Å². The van der Waals surface area contributed by atoms with Crippen molar-refractivity contribution in [2.75, 3.05) is 53.0 Å². The second-order valence-corrected chi connectivity index (χ2v) is 8.89. The molecular formula is C24H35N5O3. The average molecular weight is 442 g/mol. The molecule has 2 aromatic rings. The van der Waals surface area contributed by atoms with Gasteiger partial charge in [-0.05, 0) is 18.4 Å². The van der Waals surface area contributed by atoms with E-state index in [1.54, 1.807) is 7.11 Å². The molecule has 8 nitrogen and oxygen atoms in total. The fraction of sp³-hybridized carbons (Fsp3) is 0.583. The van der Waals surface area contributed by atoms with Gasteiger partial charge in [0.1, 0.15) is 11.6 Å². The van der Waals surface area contributed by atoms with E-state index >= 15 is 0 Å². The number of amides is 1. The Balaban J connectivity index is 1.41. The van der Waals surface area contributed by atoms with Crippen LogP contribution in [0.1, 0.15) is 17.8 Å². The quantitative estimate of drug-likeness (QED) is 0.670. The molecule has 2 saturated heterocycles. The number of carbonyl (C=O) groups is 1.